The fourth-order valence-corrected chi connectivity index (χ4v) is 3.13. The first kappa shape index (κ1) is 14.0. The molecule has 0 saturated carbocycles. The van der Waals surface area contributed by atoms with Crippen LogP contribution >= 0.6 is 0 Å². The Labute approximate surface area is 133 Å². The van der Waals surface area contributed by atoms with Crippen molar-refractivity contribution in [2.45, 2.75) is 25.2 Å². The van der Waals surface area contributed by atoms with Crippen molar-refractivity contribution in [1.82, 2.24) is 15.0 Å². The predicted molar refractivity (Wildman–Crippen MR) is 82.8 cm³/mol. The van der Waals surface area contributed by atoms with Crippen LogP contribution < -0.4 is 0 Å². The third-order valence-corrected chi connectivity index (χ3v) is 4.42. The van der Waals surface area contributed by atoms with Crippen molar-refractivity contribution in [1.29, 1.82) is 0 Å². The molecular formula is C17H17N3O3. The lowest BCUT2D eigenvalue weighted by Crippen LogP contribution is -2.38. The molecule has 3 aromatic rings. The van der Waals surface area contributed by atoms with Crippen LogP contribution in [-0.4, -0.2) is 34.0 Å². The lowest BCUT2D eigenvalue weighted by molar-refractivity contribution is -0.131. The highest BCUT2D eigenvalue weighted by Gasteiger charge is 2.26. The normalized spacial score (nSPS) is 16.1. The van der Waals surface area contributed by atoms with Crippen molar-refractivity contribution in [2.24, 2.45) is 0 Å². The van der Waals surface area contributed by atoms with E-state index < -0.39 is 0 Å². The number of rotatable bonds is 3. The molecule has 0 spiro atoms. The van der Waals surface area contributed by atoms with E-state index in [-0.39, 0.29) is 12.3 Å². The summed E-state index contributed by atoms with van der Waals surface area (Å²) >= 11 is 0. The van der Waals surface area contributed by atoms with E-state index in [1.165, 1.54) is 0 Å². The summed E-state index contributed by atoms with van der Waals surface area (Å²) in [7, 11) is 0. The minimum atomic E-state index is 0.0925. The molecule has 0 N–H and O–H groups in total. The Balaban J connectivity index is 1.40. The van der Waals surface area contributed by atoms with Gasteiger partial charge in [-0.3, -0.25) is 4.79 Å². The van der Waals surface area contributed by atoms with E-state index in [0.717, 1.165) is 42.8 Å². The maximum absolute atomic E-state index is 12.5. The number of piperidine rings is 1. The van der Waals surface area contributed by atoms with Crippen LogP contribution in [0.25, 0.3) is 11.0 Å². The summed E-state index contributed by atoms with van der Waals surface area (Å²) in [6.45, 7) is 1.45. The lowest BCUT2D eigenvalue weighted by Gasteiger charge is -2.30. The zero-order valence-electron chi connectivity index (χ0n) is 12.6. The average Bonchev–Trinajstić information content (AvgIpc) is 3.25. The number of hydrogen-bond donors (Lipinski definition) is 0. The molecule has 0 atom stereocenters. The molecule has 1 aromatic carbocycles. The molecule has 0 unspecified atom stereocenters. The lowest BCUT2D eigenvalue weighted by atomic mass is 9.96. The van der Waals surface area contributed by atoms with Gasteiger partial charge in [-0.05, 0) is 25.0 Å². The van der Waals surface area contributed by atoms with Gasteiger partial charge in [0.25, 0.3) is 0 Å². The summed E-state index contributed by atoms with van der Waals surface area (Å²) in [5.74, 6) is 1.18. The quantitative estimate of drug-likeness (QED) is 0.743. The van der Waals surface area contributed by atoms with Gasteiger partial charge in [-0.15, -0.1) is 0 Å². The van der Waals surface area contributed by atoms with Crippen molar-refractivity contribution < 1.29 is 13.7 Å². The Morgan fingerprint density at radius 2 is 2.09 bits per heavy atom. The number of benzene rings is 1. The molecule has 0 bridgehead atoms. The second kappa shape index (κ2) is 5.87. The topological polar surface area (TPSA) is 72.4 Å². The van der Waals surface area contributed by atoms with Crippen LogP contribution in [0.5, 0.6) is 0 Å². The van der Waals surface area contributed by atoms with Gasteiger partial charge >= 0.3 is 0 Å². The molecule has 3 heterocycles. The number of fused-ring (bicyclic) bond motifs is 1. The number of hydrogen-bond acceptors (Lipinski definition) is 5. The number of aromatic nitrogens is 2. The van der Waals surface area contributed by atoms with Crippen LogP contribution in [-0.2, 0) is 11.2 Å². The van der Waals surface area contributed by atoms with Crippen LogP contribution in [0, 0.1) is 0 Å². The summed E-state index contributed by atoms with van der Waals surface area (Å²) < 4.78 is 10.6. The van der Waals surface area contributed by atoms with E-state index in [1.807, 2.05) is 29.2 Å². The average molecular weight is 311 g/mol. The first-order valence-electron chi connectivity index (χ1n) is 7.82. The van der Waals surface area contributed by atoms with Gasteiger partial charge in [0.1, 0.15) is 12.0 Å². The highest BCUT2D eigenvalue weighted by molar-refractivity contribution is 5.86. The number of carbonyl (C=O) groups is 1. The maximum atomic E-state index is 12.5. The molecule has 1 aliphatic heterocycles. The molecular weight excluding hydrogens is 294 g/mol. The number of oxazole rings is 1. The minimum Gasteiger partial charge on any atom is -0.449 e. The number of amides is 1. The largest absolute Gasteiger partial charge is 0.449 e. The Hall–Kier alpha value is -2.63. The van der Waals surface area contributed by atoms with Crippen LogP contribution in [0.4, 0.5) is 0 Å². The third kappa shape index (κ3) is 2.72. The van der Waals surface area contributed by atoms with Gasteiger partial charge in [-0.25, -0.2) is 4.98 Å². The van der Waals surface area contributed by atoms with Gasteiger partial charge in [-0.1, -0.05) is 17.3 Å². The molecule has 6 nitrogen and oxygen atoms in total. The number of likely N-dealkylation sites (tertiary alicyclic amines) is 1. The minimum absolute atomic E-state index is 0.0925. The fourth-order valence-electron chi connectivity index (χ4n) is 3.13. The zero-order chi connectivity index (χ0) is 15.6. The van der Waals surface area contributed by atoms with Gasteiger partial charge in [-0.2, -0.15) is 0 Å². The Morgan fingerprint density at radius 1 is 1.26 bits per heavy atom. The van der Waals surface area contributed by atoms with E-state index in [1.54, 1.807) is 12.5 Å². The first-order chi connectivity index (χ1) is 11.3. The van der Waals surface area contributed by atoms with Crippen molar-refractivity contribution in [3.05, 3.63) is 48.3 Å². The molecule has 6 heteroatoms. The summed E-state index contributed by atoms with van der Waals surface area (Å²) in [5.41, 5.74) is 1.43. The van der Waals surface area contributed by atoms with Crippen molar-refractivity contribution >= 4 is 16.9 Å². The van der Waals surface area contributed by atoms with Crippen molar-refractivity contribution in [3.63, 3.8) is 0 Å². The zero-order valence-corrected chi connectivity index (χ0v) is 12.6. The van der Waals surface area contributed by atoms with Crippen LogP contribution in [0.1, 0.15) is 30.3 Å². The van der Waals surface area contributed by atoms with E-state index in [4.69, 9.17) is 8.94 Å². The molecule has 0 aliphatic carbocycles. The first-order valence-corrected chi connectivity index (χ1v) is 7.82. The second-order valence-corrected chi connectivity index (χ2v) is 5.83. The monoisotopic (exact) mass is 311 g/mol. The van der Waals surface area contributed by atoms with Gasteiger partial charge in [0.15, 0.2) is 11.5 Å². The molecule has 1 fully saturated rings. The summed E-state index contributed by atoms with van der Waals surface area (Å²) in [6.07, 6.45) is 5.31. The molecule has 1 amide bonds. The molecule has 2 aromatic heterocycles. The second-order valence-electron chi connectivity index (χ2n) is 5.83. The van der Waals surface area contributed by atoms with E-state index in [0.29, 0.717) is 11.6 Å². The van der Waals surface area contributed by atoms with Gasteiger partial charge in [0, 0.05) is 24.4 Å². The SMILES string of the molecule is O=C(Cc1noc2ccccc12)N1CCC(c2ncco2)CC1. The van der Waals surface area contributed by atoms with Crippen molar-refractivity contribution in [2.75, 3.05) is 13.1 Å². The predicted octanol–water partition coefficient (Wildman–Crippen LogP) is 2.76. The van der Waals surface area contributed by atoms with Crippen molar-refractivity contribution in [3.8, 4) is 0 Å². The third-order valence-electron chi connectivity index (χ3n) is 4.42. The van der Waals surface area contributed by atoms with Gasteiger partial charge in [0.05, 0.1) is 12.6 Å². The van der Waals surface area contributed by atoms with Crippen LogP contribution in [0.3, 0.4) is 0 Å². The molecule has 1 aliphatic rings. The summed E-state index contributed by atoms with van der Waals surface area (Å²) in [6, 6.07) is 7.61. The molecule has 23 heavy (non-hydrogen) atoms. The number of nitrogens with zero attached hydrogens (tertiary/aromatic N) is 3. The van der Waals surface area contributed by atoms with Crippen LogP contribution in [0.2, 0.25) is 0 Å². The smallest absolute Gasteiger partial charge is 0.228 e. The van der Waals surface area contributed by atoms with Gasteiger partial charge < -0.3 is 13.8 Å². The fraction of sp³-hybridized carbons (Fsp3) is 0.353. The van der Waals surface area contributed by atoms with E-state index in [2.05, 4.69) is 10.1 Å². The van der Waals surface area contributed by atoms with Gasteiger partial charge in [0.2, 0.25) is 5.91 Å². The summed E-state index contributed by atoms with van der Waals surface area (Å²) in [5, 5.41) is 4.95. The molecule has 0 radical (unpaired) electrons. The Morgan fingerprint density at radius 3 is 2.87 bits per heavy atom. The Bertz CT molecular complexity index is 801. The molecule has 4 rings (SSSR count). The molecule has 1 saturated heterocycles. The standard InChI is InChI=1S/C17H17N3O3/c21-16(11-14-13-3-1-2-4-15(13)23-19-14)20-8-5-12(6-9-20)17-18-7-10-22-17/h1-4,7,10,12H,5-6,8-9,11H2. The number of carbonyl (C=O) groups excluding carboxylic acids is 1. The highest BCUT2D eigenvalue weighted by atomic mass is 16.5. The van der Waals surface area contributed by atoms with Crippen LogP contribution in [0.15, 0.2) is 45.7 Å². The Kier molecular flexibility index (Phi) is 3.57. The highest BCUT2D eigenvalue weighted by Crippen LogP contribution is 2.27. The molecule has 118 valence electrons. The van der Waals surface area contributed by atoms with E-state index in [9.17, 15) is 4.79 Å². The maximum Gasteiger partial charge on any atom is 0.228 e. The van der Waals surface area contributed by atoms with E-state index >= 15 is 0 Å². The number of para-hydroxylation sites is 1. The summed E-state index contributed by atoms with van der Waals surface area (Å²) in [4.78, 5) is 18.6.